The van der Waals surface area contributed by atoms with E-state index in [1.54, 1.807) is 18.3 Å². The number of nitrogens with zero attached hydrogens (tertiary/aromatic N) is 3. The topological polar surface area (TPSA) is 66.3 Å². The molecule has 98 valence electrons. The molecule has 0 atom stereocenters. The van der Waals surface area contributed by atoms with Crippen LogP contribution in [0.25, 0.3) is 10.9 Å². The Bertz CT molecular complexity index is 607. The van der Waals surface area contributed by atoms with Gasteiger partial charge in [-0.3, -0.25) is 4.79 Å². The van der Waals surface area contributed by atoms with Crippen LogP contribution in [-0.2, 0) is 0 Å². The van der Waals surface area contributed by atoms with Gasteiger partial charge in [0.05, 0.1) is 11.6 Å². The van der Waals surface area contributed by atoms with Gasteiger partial charge in [0.2, 0.25) is 5.95 Å². The molecule has 1 saturated heterocycles. The molecule has 1 aliphatic rings. The number of rotatable bonds is 2. The first-order chi connectivity index (χ1) is 9.26. The van der Waals surface area contributed by atoms with Crippen LogP contribution in [0, 0.1) is 0 Å². The minimum atomic E-state index is -0.202. The molecular weight excluding hydrogens is 242 g/mol. The van der Waals surface area contributed by atoms with E-state index in [4.69, 9.17) is 0 Å². The minimum absolute atomic E-state index is 0.202. The maximum Gasteiger partial charge on any atom is 0.225 e. The number of hydrogen-bond acceptors (Lipinski definition) is 5. The normalized spacial score (nSPS) is 16.8. The average molecular weight is 257 g/mol. The summed E-state index contributed by atoms with van der Waals surface area (Å²) in [6, 6.07) is 5.38. The van der Waals surface area contributed by atoms with Crippen LogP contribution in [-0.4, -0.2) is 40.6 Å². The van der Waals surface area contributed by atoms with Crippen LogP contribution >= 0.6 is 0 Å². The Morgan fingerprint density at radius 1 is 1.32 bits per heavy atom. The number of piperidine rings is 1. The Hall–Kier alpha value is -2.01. The van der Waals surface area contributed by atoms with Gasteiger partial charge < -0.3 is 10.0 Å². The van der Waals surface area contributed by atoms with Crippen LogP contribution in [0.15, 0.2) is 24.4 Å². The molecule has 5 heteroatoms. The lowest BCUT2D eigenvalue weighted by Crippen LogP contribution is -2.36. The Labute approximate surface area is 110 Å². The first-order valence-electron chi connectivity index (χ1n) is 6.41. The van der Waals surface area contributed by atoms with Gasteiger partial charge >= 0.3 is 0 Å². The molecule has 0 bridgehead atoms. The van der Waals surface area contributed by atoms with E-state index in [-0.39, 0.29) is 6.10 Å². The lowest BCUT2D eigenvalue weighted by molar-refractivity contribution is 0.112. The van der Waals surface area contributed by atoms with Gasteiger partial charge in [-0.25, -0.2) is 9.97 Å². The molecule has 0 unspecified atom stereocenters. The first-order valence-corrected chi connectivity index (χ1v) is 6.41. The van der Waals surface area contributed by atoms with Crippen LogP contribution in [0.3, 0.4) is 0 Å². The molecule has 0 spiro atoms. The van der Waals surface area contributed by atoms with Gasteiger partial charge in [-0.1, -0.05) is 0 Å². The summed E-state index contributed by atoms with van der Waals surface area (Å²) in [6.45, 7) is 1.55. The van der Waals surface area contributed by atoms with Crippen molar-refractivity contribution in [2.24, 2.45) is 0 Å². The van der Waals surface area contributed by atoms with Crippen molar-refractivity contribution >= 4 is 23.1 Å². The van der Waals surface area contributed by atoms with Crippen LogP contribution in [0.4, 0.5) is 5.95 Å². The summed E-state index contributed by atoms with van der Waals surface area (Å²) in [5, 5.41) is 10.4. The van der Waals surface area contributed by atoms with Crippen molar-refractivity contribution in [3.05, 3.63) is 30.0 Å². The predicted octanol–water partition coefficient (Wildman–Crippen LogP) is 1.40. The van der Waals surface area contributed by atoms with Crippen molar-refractivity contribution in [2.45, 2.75) is 18.9 Å². The second-order valence-corrected chi connectivity index (χ2v) is 4.82. The summed E-state index contributed by atoms with van der Waals surface area (Å²) in [5.74, 6) is 0.693. The molecule has 1 N–H and O–H groups in total. The van der Waals surface area contributed by atoms with E-state index in [1.165, 1.54) is 0 Å². The van der Waals surface area contributed by atoms with Gasteiger partial charge in [0.25, 0.3) is 0 Å². The van der Waals surface area contributed by atoms with Gasteiger partial charge in [-0.15, -0.1) is 0 Å². The molecule has 0 radical (unpaired) electrons. The average Bonchev–Trinajstić information content (AvgIpc) is 2.47. The molecule has 1 aliphatic heterocycles. The number of fused-ring (bicyclic) bond motifs is 1. The number of hydrogen-bond donors (Lipinski definition) is 1. The van der Waals surface area contributed by atoms with Crippen molar-refractivity contribution in [1.82, 2.24) is 9.97 Å². The highest BCUT2D eigenvalue weighted by atomic mass is 16.3. The van der Waals surface area contributed by atoms with Gasteiger partial charge in [0.15, 0.2) is 0 Å². The SMILES string of the molecule is O=Cc1ccc2nc(N3CCC(O)CC3)ncc2c1. The number of aliphatic hydroxyl groups is 1. The van der Waals surface area contributed by atoms with Crippen molar-refractivity contribution in [3.8, 4) is 0 Å². The van der Waals surface area contributed by atoms with E-state index in [0.717, 1.165) is 43.1 Å². The van der Waals surface area contributed by atoms with E-state index in [0.29, 0.717) is 11.5 Å². The minimum Gasteiger partial charge on any atom is -0.393 e. The number of benzene rings is 1. The van der Waals surface area contributed by atoms with E-state index >= 15 is 0 Å². The number of aromatic nitrogens is 2. The number of anilines is 1. The van der Waals surface area contributed by atoms with Crippen LogP contribution < -0.4 is 4.90 Å². The molecule has 3 rings (SSSR count). The zero-order chi connectivity index (χ0) is 13.2. The second-order valence-electron chi connectivity index (χ2n) is 4.82. The van der Waals surface area contributed by atoms with Crippen LogP contribution in [0.5, 0.6) is 0 Å². The summed E-state index contributed by atoms with van der Waals surface area (Å²) < 4.78 is 0. The molecule has 1 aromatic carbocycles. The highest BCUT2D eigenvalue weighted by Gasteiger charge is 2.19. The molecule has 0 aliphatic carbocycles. The Morgan fingerprint density at radius 2 is 2.11 bits per heavy atom. The third-order valence-electron chi connectivity index (χ3n) is 3.47. The van der Waals surface area contributed by atoms with Crippen molar-refractivity contribution in [3.63, 3.8) is 0 Å². The van der Waals surface area contributed by atoms with Gasteiger partial charge in [-0.05, 0) is 31.0 Å². The monoisotopic (exact) mass is 257 g/mol. The van der Waals surface area contributed by atoms with Gasteiger partial charge in [0.1, 0.15) is 6.29 Å². The van der Waals surface area contributed by atoms with E-state index in [9.17, 15) is 9.90 Å². The molecule has 0 saturated carbocycles. The molecule has 19 heavy (non-hydrogen) atoms. The standard InChI is InChI=1S/C14H15N3O2/c18-9-10-1-2-13-11(7-10)8-15-14(16-13)17-5-3-12(19)4-6-17/h1-2,7-9,12,19H,3-6H2. The summed E-state index contributed by atoms with van der Waals surface area (Å²) in [6.07, 6.45) is 3.87. The van der Waals surface area contributed by atoms with E-state index in [1.807, 2.05) is 6.07 Å². The Morgan fingerprint density at radius 3 is 2.84 bits per heavy atom. The number of aliphatic hydroxyl groups excluding tert-OH is 1. The van der Waals surface area contributed by atoms with E-state index < -0.39 is 0 Å². The maximum absolute atomic E-state index is 10.7. The smallest absolute Gasteiger partial charge is 0.225 e. The van der Waals surface area contributed by atoms with Gasteiger partial charge in [-0.2, -0.15) is 0 Å². The van der Waals surface area contributed by atoms with Crippen molar-refractivity contribution in [2.75, 3.05) is 18.0 Å². The summed E-state index contributed by atoms with van der Waals surface area (Å²) >= 11 is 0. The molecule has 1 fully saturated rings. The third kappa shape index (κ3) is 2.42. The largest absolute Gasteiger partial charge is 0.393 e. The highest BCUT2D eigenvalue weighted by Crippen LogP contribution is 2.19. The van der Waals surface area contributed by atoms with Gasteiger partial charge in [0, 0.05) is 30.2 Å². The number of carbonyl (C=O) groups is 1. The number of aldehydes is 1. The Kier molecular flexibility index (Phi) is 3.13. The van der Waals surface area contributed by atoms with Crippen molar-refractivity contribution < 1.29 is 9.90 Å². The lowest BCUT2D eigenvalue weighted by atomic mass is 10.1. The van der Waals surface area contributed by atoms with Crippen LogP contribution in [0.1, 0.15) is 23.2 Å². The van der Waals surface area contributed by atoms with Crippen LogP contribution in [0.2, 0.25) is 0 Å². The third-order valence-corrected chi connectivity index (χ3v) is 3.47. The van der Waals surface area contributed by atoms with E-state index in [2.05, 4.69) is 14.9 Å². The second kappa shape index (κ2) is 4.93. The first kappa shape index (κ1) is 12.0. The highest BCUT2D eigenvalue weighted by molar-refractivity contribution is 5.86. The molecule has 2 heterocycles. The summed E-state index contributed by atoms with van der Waals surface area (Å²) in [7, 11) is 0. The molecular formula is C14H15N3O2. The molecule has 5 nitrogen and oxygen atoms in total. The predicted molar refractivity (Wildman–Crippen MR) is 72.4 cm³/mol. The fourth-order valence-electron chi connectivity index (χ4n) is 2.33. The Balaban J connectivity index is 1.91. The fraction of sp³-hybridized carbons (Fsp3) is 0.357. The zero-order valence-corrected chi connectivity index (χ0v) is 10.5. The fourth-order valence-corrected chi connectivity index (χ4v) is 2.33. The number of carbonyl (C=O) groups excluding carboxylic acids is 1. The summed E-state index contributed by atoms with van der Waals surface area (Å²) in [5.41, 5.74) is 1.46. The summed E-state index contributed by atoms with van der Waals surface area (Å²) in [4.78, 5) is 21.7. The maximum atomic E-state index is 10.7. The molecule has 1 aromatic heterocycles. The zero-order valence-electron chi connectivity index (χ0n) is 10.5. The molecule has 2 aromatic rings. The molecule has 0 amide bonds. The quantitative estimate of drug-likeness (QED) is 0.824. The van der Waals surface area contributed by atoms with Crippen molar-refractivity contribution in [1.29, 1.82) is 0 Å². The lowest BCUT2D eigenvalue weighted by Gasteiger charge is -2.29.